The number of pyridine rings is 1. The third-order valence-corrected chi connectivity index (χ3v) is 7.92. The van der Waals surface area contributed by atoms with Crippen LogP contribution in [0.2, 0.25) is 0 Å². The van der Waals surface area contributed by atoms with E-state index < -0.39 is 0 Å². The smallest absolute Gasteiger partial charge is 0.287 e. The molecule has 7 rings (SSSR count). The monoisotopic (exact) mass is 601 g/mol. The molecule has 1 fully saturated rings. The highest BCUT2D eigenvalue weighted by molar-refractivity contribution is 14.1. The first kappa shape index (κ1) is 22.5. The van der Waals surface area contributed by atoms with Crippen molar-refractivity contribution in [1.82, 2.24) is 24.3 Å². The second-order valence-corrected chi connectivity index (χ2v) is 10.9. The van der Waals surface area contributed by atoms with Crippen LogP contribution < -0.4 is 16.2 Å². The third-order valence-electron chi connectivity index (χ3n) is 7.28. The zero-order valence-electron chi connectivity index (χ0n) is 19.9. The molecule has 1 aliphatic heterocycles. The van der Waals surface area contributed by atoms with Crippen LogP contribution in [-0.2, 0) is 6.54 Å². The van der Waals surface area contributed by atoms with Gasteiger partial charge in [-0.25, -0.2) is 4.68 Å². The number of hydrogen-bond donors (Lipinski definition) is 2. The average molecular weight is 601 g/mol. The number of halogens is 1. The first-order valence-electron chi connectivity index (χ1n) is 12.5. The molecule has 5 aromatic rings. The molecular weight excluding hydrogens is 577 g/mol. The van der Waals surface area contributed by atoms with Crippen molar-refractivity contribution in [2.75, 3.05) is 10.6 Å². The van der Waals surface area contributed by atoms with Gasteiger partial charge in [0.1, 0.15) is 11.2 Å². The molecule has 0 bridgehead atoms. The summed E-state index contributed by atoms with van der Waals surface area (Å²) in [6, 6.07) is 22.9. The molecule has 8 nitrogen and oxygen atoms in total. The predicted molar refractivity (Wildman–Crippen MR) is 153 cm³/mol. The highest BCUT2D eigenvalue weighted by Crippen LogP contribution is 2.41. The Morgan fingerprint density at radius 2 is 1.86 bits per heavy atom. The van der Waals surface area contributed by atoms with Gasteiger partial charge in [-0.15, -0.1) is 0 Å². The molecule has 2 aliphatic rings. The number of anilines is 3. The van der Waals surface area contributed by atoms with Gasteiger partial charge in [0.2, 0.25) is 5.95 Å². The number of aromatic nitrogens is 5. The van der Waals surface area contributed by atoms with Crippen molar-refractivity contribution in [3.05, 3.63) is 92.4 Å². The van der Waals surface area contributed by atoms with E-state index in [1.54, 1.807) is 0 Å². The Morgan fingerprint density at radius 3 is 2.65 bits per heavy atom. The Kier molecular flexibility index (Phi) is 5.45. The van der Waals surface area contributed by atoms with Crippen LogP contribution in [-0.4, -0.2) is 30.4 Å². The van der Waals surface area contributed by atoms with E-state index in [-0.39, 0.29) is 11.6 Å². The van der Waals surface area contributed by atoms with Crippen molar-refractivity contribution in [3.8, 4) is 11.3 Å². The van der Waals surface area contributed by atoms with Gasteiger partial charge in [-0.1, -0.05) is 42.5 Å². The lowest BCUT2D eigenvalue weighted by molar-refractivity contribution is 0.539. The van der Waals surface area contributed by atoms with Crippen LogP contribution in [0.1, 0.15) is 30.9 Å². The minimum Gasteiger partial charge on any atom is -0.351 e. The molecule has 1 saturated carbocycles. The van der Waals surface area contributed by atoms with Gasteiger partial charge in [0, 0.05) is 27.1 Å². The van der Waals surface area contributed by atoms with Gasteiger partial charge in [0.25, 0.3) is 5.56 Å². The normalized spacial score (nSPS) is 18.0. The second-order valence-electron chi connectivity index (χ2n) is 9.61. The highest BCUT2D eigenvalue weighted by Gasteiger charge is 2.38. The van der Waals surface area contributed by atoms with E-state index in [4.69, 9.17) is 5.10 Å². The predicted octanol–water partition coefficient (Wildman–Crippen LogP) is 5.57. The van der Waals surface area contributed by atoms with Crippen LogP contribution in [0.5, 0.6) is 0 Å². The Morgan fingerprint density at radius 1 is 1.03 bits per heavy atom. The Hall–Kier alpha value is -3.73. The van der Waals surface area contributed by atoms with E-state index in [1.165, 1.54) is 0 Å². The van der Waals surface area contributed by atoms with E-state index in [0.29, 0.717) is 35.4 Å². The van der Waals surface area contributed by atoms with Crippen molar-refractivity contribution in [2.45, 2.75) is 37.9 Å². The molecule has 2 N–H and O–H groups in total. The van der Waals surface area contributed by atoms with Gasteiger partial charge in [-0.2, -0.15) is 10.1 Å². The molecule has 184 valence electrons. The summed E-state index contributed by atoms with van der Waals surface area (Å²) in [7, 11) is 0. The van der Waals surface area contributed by atoms with Crippen molar-refractivity contribution in [2.24, 2.45) is 0 Å². The largest absolute Gasteiger partial charge is 0.351 e. The molecule has 4 heterocycles. The summed E-state index contributed by atoms with van der Waals surface area (Å²) in [6.45, 7) is 0.514. The molecule has 37 heavy (non-hydrogen) atoms. The van der Waals surface area contributed by atoms with Crippen LogP contribution in [0.4, 0.5) is 17.5 Å². The van der Waals surface area contributed by atoms with Crippen LogP contribution in [0.15, 0.2) is 77.7 Å². The van der Waals surface area contributed by atoms with Gasteiger partial charge in [-0.3, -0.25) is 14.3 Å². The Bertz CT molecular complexity index is 1660. The topological polar surface area (TPSA) is 89.7 Å². The standard InChI is InChI=1S/C28H24IN7O/c29-19-13-14-21(30-15-19)18-11-9-17(10-12-18)16-35-25(31-20-5-2-1-3-6-20)24-26(34-35)36-23-8-4-7-22(23)32-28(36)33-27(24)37/h1-3,5-6,9-15,22-23,31H,4,7-8,16H2,(H,32,33,37)/t22-,23+/m1/s1. The van der Waals surface area contributed by atoms with Crippen LogP contribution in [0.3, 0.4) is 0 Å². The average Bonchev–Trinajstić information content (AvgIpc) is 3.59. The van der Waals surface area contributed by atoms with Crippen LogP contribution in [0, 0.1) is 3.57 Å². The van der Waals surface area contributed by atoms with Crippen molar-refractivity contribution in [1.29, 1.82) is 0 Å². The SMILES string of the molecule is O=c1nc2n(c3nn(Cc4ccc(-c5ccc(I)cn5)cc4)c(Nc4ccccc4)c13)[C@H]1CCC[C@H]1N2. The Balaban J connectivity index is 1.31. The fraction of sp³-hybridized carbons (Fsp3) is 0.214. The minimum atomic E-state index is -0.265. The first-order valence-corrected chi connectivity index (χ1v) is 13.5. The highest BCUT2D eigenvalue weighted by atomic mass is 127. The van der Waals surface area contributed by atoms with E-state index in [9.17, 15) is 4.79 Å². The summed E-state index contributed by atoms with van der Waals surface area (Å²) in [5.41, 5.74) is 4.40. The number of para-hydroxylation sites is 1. The quantitative estimate of drug-likeness (QED) is 0.256. The van der Waals surface area contributed by atoms with Crippen LogP contribution >= 0.6 is 22.6 Å². The third kappa shape index (κ3) is 3.97. The van der Waals surface area contributed by atoms with E-state index in [2.05, 4.69) is 78.1 Å². The molecular formula is C28H24IN7O. The first-order chi connectivity index (χ1) is 18.1. The van der Waals surface area contributed by atoms with Gasteiger partial charge in [-0.05, 0) is 71.7 Å². The summed E-state index contributed by atoms with van der Waals surface area (Å²) in [4.78, 5) is 22.3. The number of nitrogens with one attached hydrogen (secondary N) is 2. The van der Waals surface area contributed by atoms with Crippen molar-refractivity contribution in [3.63, 3.8) is 0 Å². The van der Waals surface area contributed by atoms with Crippen molar-refractivity contribution >= 4 is 51.1 Å². The minimum absolute atomic E-state index is 0.265. The lowest BCUT2D eigenvalue weighted by Crippen LogP contribution is -2.15. The lowest BCUT2D eigenvalue weighted by atomic mass is 10.1. The summed E-state index contributed by atoms with van der Waals surface area (Å²) >= 11 is 2.26. The van der Waals surface area contributed by atoms with Crippen molar-refractivity contribution < 1.29 is 0 Å². The molecule has 0 unspecified atom stereocenters. The summed E-state index contributed by atoms with van der Waals surface area (Å²) in [6.07, 6.45) is 5.18. The van der Waals surface area contributed by atoms with Gasteiger partial charge >= 0.3 is 0 Å². The Labute approximate surface area is 226 Å². The zero-order chi connectivity index (χ0) is 24.9. The maximum atomic E-state index is 13.3. The maximum Gasteiger partial charge on any atom is 0.287 e. The molecule has 2 aromatic carbocycles. The van der Waals surface area contributed by atoms with E-state index in [0.717, 1.165) is 45.3 Å². The molecule has 0 spiro atoms. The fourth-order valence-electron chi connectivity index (χ4n) is 5.52. The number of rotatable bonds is 5. The molecule has 0 amide bonds. The number of fused-ring (bicyclic) bond motifs is 5. The molecule has 2 atom stereocenters. The molecule has 1 aliphatic carbocycles. The molecule has 3 aromatic heterocycles. The number of hydrogen-bond acceptors (Lipinski definition) is 6. The summed E-state index contributed by atoms with van der Waals surface area (Å²) in [5, 5.41) is 12.5. The molecule has 0 radical (unpaired) electrons. The summed E-state index contributed by atoms with van der Waals surface area (Å²) < 4.78 is 5.15. The molecule has 0 saturated heterocycles. The maximum absolute atomic E-state index is 13.3. The van der Waals surface area contributed by atoms with Gasteiger partial charge < -0.3 is 10.6 Å². The number of nitrogens with zero attached hydrogens (tertiary/aromatic N) is 5. The fourth-order valence-corrected chi connectivity index (χ4v) is 5.84. The van der Waals surface area contributed by atoms with Crippen LogP contribution in [0.25, 0.3) is 22.3 Å². The second kappa shape index (κ2) is 8.98. The lowest BCUT2D eigenvalue weighted by Gasteiger charge is -2.11. The zero-order valence-corrected chi connectivity index (χ0v) is 22.1. The number of benzene rings is 2. The van der Waals surface area contributed by atoms with Gasteiger partial charge in [0.05, 0.1) is 18.3 Å². The van der Waals surface area contributed by atoms with Gasteiger partial charge in [0.15, 0.2) is 5.65 Å². The summed E-state index contributed by atoms with van der Waals surface area (Å²) in [5.74, 6) is 1.30. The van der Waals surface area contributed by atoms with E-state index in [1.807, 2.05) is 47.3 Å². The molecule has 9 heteroatoms. The van der Waals surface area contributed by atoms with E-state index >= 15 is 0 Å².